The summed E-state index contributed by atoms with van der Waals surface area (Å²) in [6, 6.07) is 1.78. The molecule has 0 spiro atoms. The highest BCUT2D eigenvalue weighted by Crippen LogP contribution is 2.10. The first-order chi connectivity index (χ1) is 8.81. The summed E-state index contributed by atoms with van der Waals surface area (Å²) in [6.45, 7) is 2.71. The molecule has 0 aliphatic heterocycles. The monoisotopic (exact) mass is 253 g/mol. The van der Waals surface area contributed by atoms with E-state index in [-0.39, 0.29) is 6.42 Å². The molecule has 0 bridgehead atoms. The Morgan fingerprint density at radius 3 is 1.94 bits per heavy atom. The number of nitrogens with zero attached hydrogens (tertiary/aromatic N) is 1. The van der Waals surface area contributed by atoms with Crippen LogP contribution in [0.15, 0.2) is 0 Å². The van der Waals surface area contributed by atoms with E-state index in [9.17, 15) is 4.79 Å². The maximum Gasteiger partial charge on any atom is 0.320 e. The third kappa shape index (κ3) is 13.0. The fourth-order valence-corrected chi connectivity index (χ4v) is 1.89. The van der Waals surface area contributed by atoms with E-state index in [1.807, 2.05) is 0 Å². The van der Waals surface area contributed by atoms with Crippen molar-refractivity contribution in [3.63, 3.8) is 0 Å². The molecule has 0 aliphatic carbocycles. The number of rotatable bonds is 12. The maximum atomic E-state index is 10.9. The van der Waals surface area contributed by atoms with E-state index in [4.69, 9.17) is 10.00 Å². The number of carbonyl (C=O) groups excluding carboxylic acids is 1. The highest BCUT2D eigenvalue weighted by molar-refractivity contribution is 5.71. The van der Waals surface area contributed by atoms with E-state index in [0.717, 1.165) is 12.8 Å². The molecule has 3 nitrogen and oxygen atoms in total. The normalized spacial score (nSPS) is 10.0. The van der Waals surface area contributed by atoms with Crippen LogP contribution >= 0.6 is 0 Å². The molecule has 3 heteroatoms. The van der Waals surface area contributed by atoms with Gasteiger partial charge in [-0.1, -0.05) is 64.7 Å². The lowest BCUT2D eigenvalue weighted by molar-refractivity contribution is -0.142. The SMILES string of the molecule is CCCCCCCCCCCCOC(=O)CC#N. The Balaban J connectivity index is 3.03. The maximum absolute atomic E-state index is 10.9. The number of esters is 1. The fourth-order valence-electron chi connectivity index (χ4n) is 1.89. The van der Waals surface area contributed by atoms with Crippen molar-refractivity contribution in [3.8, 4) is 6.07 Å². The molecule has 0 aromatic heterocycles. The third-order valence-corrected chi connectivity index (χ3v) is 2.98. The topological polar surface area (TPSA) is 50.1 Å². The first-order valence-corrected chi connectivity index (χ1v) is 7.33. The summed E-state index contributed by atoms with van der Waals surface area (Å²) in [5, 5.41) is 8.26. The molecule has 0 aromatic carbocycles. The molecule has 0 rings (SSSR count). The van der Waals surface area contributed by atoms with Crippen LogP contribution in [0.4, 0.5) is 0 Å². The van der Waals surface area contributed by atoms with Crippen LogP contribution < -0.4 is 0 Å². The van der Waals surface area contributed by atoms with Gasteiger partial charge in [0, 0.05) is 0 Å². The lowest BCUT2D eigenvalue weighted by atomic mass is 10.1. The molecule has 18 heavy (non-hydrogen) atoms. The fraction of sp³-hybridized carbons (Fsp3) is 0.867. The van der Waals surface area contributed by atoms with Crippen LogP contribution in [-0.2, 0) is 9.53 Å². The zero-order chi connectivity index (χ0) is 13.5. The van der Waals surface area contributed by atoms with E-state index in [2.05, 4.69) is 6.92 Å². The first kappa shape index (κ1) is 17.0. The minimum atomic E-state index is -0.395. The number of nitriles is 1. The Labute approximate surface area is 112 Å². The van der Waals surface area contributed by atoms with Crippen LogP contribution in [0, 0.1) is 11.3 Å². The summed E-state index contributed by atoms with van der Waals surface area (Å²) in [5.74, 6) is -0.395. The quantitative estimate of drug-likeness (QED) is 0.383. The van der Waals surface area contributed by atoms with Crippen LogP contribution in [0.5, 0.6) is 0 Å². The van der Waals surface area contributed by atoms with Crippen LogP contribution in [0.25, 0.3) is 0 Å². The van der Waals surface area contributed by atoms with Crippen molar-refractivity contribution in [1.29, 1.82) is 5.26 Å². The van der Waals surface area contributed by atoms with Gasteiger partial charge in [0.1, 0.15) is 6.42 Å². The first-order valence-electron chi connectivity index (χ1n) is 7.33. The molecule has 0 amide bonds. The largest absolute Gasteiger partial charge is 0.465 e. The van der Waals surface area contributed by atoms with Crippen molar-refractivity contribution in [2.24, 2.45) is 0 Å². The average Bonchev–Trinajstić information content (AvgIpc) is 2.36. The van der Waals surface area contributed by atoms with Gasteiger partial charge in [-0.15, -0.1) is 0 Å². The second-order valence-corrected chi connectivity index (χ2v) is 4.74. The summed E-state index contributed by atoms with van der Waals surface area (Å²) < 4.78 is 4.89. The van der Waals surface area contributed by atoms with Gasteiger partial charge in [0.2, 0.25) is 0 Å². The Hall–Kier alpha value is -1.04. The van der Waals surface area contributed by atoms with Gasteiger partial charge in [-0.2, -0.15) is 5.26 Å². The van der Waals surface area contributed by atoms with Gasteiger partial charge < -0.3 is 4.74 Å². The van der Waals surface area contributed by atoms with Gasteiger partial charge >= 0.3 is 5.97 Å². The Morgan fingerprint density at radius 1 is 0.944 bits per heavy atom. The lowest BCUT2D eigenvalue weighted by Gasteiger charge is -2.03. The van der Waals surface area contributed by atoms with E-state index in [0.29, 0.717) is 6.61 Å². The van der Waals surface area contributed by atoms with Gasteiger partial charge in [0.15, 0.2) is 0 Å². The van der Waals surface area contributed by atoms with Crippen molar-refractivity contribution < 1.29 is 9.53 Å². The molecule has 0 saturated carbocycles. The van der Waals surface area contributed by atoms with Crippen LogP contribution in [-0.4, -0.2) is 12.6 Å². The average molecular weight is 253 g/mol. The molecule has 0 fully saturated rings. The summed E-state index contributed by atoms with van der Waals surface area (Å²) in [4.78, 5) is 10.9. The van der Waals surface area contributed by atoms with E-state index >= 15 is 0 Å². The Kier molecular flexibility index (Phi) is 13.2. The van der Waals surface area contributed by atoms with E-state index in [1.54, 1.807) is 6.07 Å². The van der Waals surface area contributed by atoms with Crippen molar-refractivity contribution in [3.05, 3.63) is 0 Å². The number of carbonyl (C=O) groups is 1. The zero-order valence-corrected chi connectivity index (χ0v) is 11.7. The molecule has 0 aliphatic rings. The molecule has 0 aromatic rings. The van der Waals surface area contributed by atoms with Gasteiger partial charge in [0.05, 0.1) is 12.7 Å². The van der Waals surface area contributed by atoms with Gasteiger partial charge in [0.25, 0.3) is 0 Å². The molecule has 0 saturated heterocycles. The van der Waals surface area contributed by atoms with Crippen molar-refractivity contribution in [2.45, 2.75) is 77.6 Å². The predicted octanol–water partition coefficient (Wildman–Crippen LogP) is 4.36. The molecule has 104 valence electrons. The number of hydrogen-bond acceptors (Lipinski definition) is 3. The third-order valence-electron chi connectivity index (χ3n) is 2.98. The molecule has 0 radical (unpaired) electrons. The molecular formula is C15H27NO2. The lowest BCUT2D eigenvalue weighted by Crippen LogP contribution is -2.04. The second kappa shape index (κ2) is 14.0. The van der Waals surface area contributed by atoms with E-state index in [1.165, 1.54) is 51.4 Å². The summed E-state index contributed by atoms with van der Waals surface area (Å²) in [6.07, 6.45) is 12.6. The van der Waals surface area contributed by atoms with Crippen LogP contribution in [0.3, 0.4) is 0 Å². The molecule has 0 atom stereocenters. The number of ether oxygens (including phenoxy) is 1. The zero-order valence-electron chi connectivity index (χ0n) is 11.7. The van der Waals surface area contributed by atoms with E-state index < -0.39 is 5.97 Å². The summed E-state index contributed by atoms with van der Waals surface area (Å²) in [5.41, 5.74) is 0. The van der Waals surface area contributed by atoms with Crippen LogP contribution in [0.2, 0.25) is 0 Å². The van der Waals surface area contributed by atoms with Crippen molar-refractivity contribution >= 4 is 5.97 Å². The molecule has 0 heterocycles. The summed E-state index contributed by atoms with van der Waals surface area (Å²) in [7, 11) is 0. The van der Waals surface area contributed by atoms with Gasteiger partial charge in [-0.05, 0) is 6.42 Å². The molecule has 0 unspecified atom stereocenters. The van der Waals surface area contributed by atoms with Crippen LogP contribution in [0.1, 0.15) is 77.6 Å². The van der Waals surface area contributed by atoms with Gasteiger partial charge in [-0.3, -0.25) is 4.79 Å². The minimum absolute atomic E-state index is 0.127. The standard InChI is InChI=1S/C15H27NO2/c1-2-3-4-5-6-7-8-9-10-11-14-18-15(17)12-13-16/h2-12,14H2,1H3. The molecular weight excluding hydrogens is 226 g/mol. The predicted molar refractivity (Wildman–Crippen MR) is 73.0 cm³/mol. The Morgan fingerprint density at radius 2 is 1.44 bits per heavy atom. The van der Waals surface area contributed by atoms with Crippen molar-refractivity contribution in [2.75, 3.05) is 6.61 Å². The smallest absolute Gasteiger partial charge is 0.320 e. The summed E-state index contributed by atoms with van der Waals surface area (Å²) >= 11 is 0. The number of unbranched alkanes of at least 4 members (excludes halogenated alkanes) is 9. The van der Waals surface area contributed by atoms with Crippen molar-refractivity contribution in [1.82, 2.24) is 0 Å². The number of hydrogen-bond donors (Lipinski definition) is 0. The minimum Gasteiger partial charge on any atom is -0.465 e. The van der Waals surface area contributed by atoms with Gasteiger partial charge in [-0.25, -0.2) is 0 Å². The molecule has 0 N–H and O–H groups in total. The Bertz CT molecular complexity index is 233. The highest BCUT2D eigenvalue weighted by atomic mass is 16.5. The second-order valence-electron chi connectivity index (χ2n) is 4.74. The highest BCUT2D eigenvalue weighted by Gasteiger charge is 2.00.